The van der Waals surface area contributed by atoms with Gasteiger partial charge in [0.05, 0.1) is 17.1 Å². The van der Waals surface area contributed by atoms with E-state index in [1.807, 2.05) is 6.92 Å². The molecule has 0 spiro atoms. The summed E-state index contributed by atoms with van der Waals surface area (Å²) in [7, 11) is 1.40. The summed E-state index contributed by atoms with van der Waals surface area (Å²) >= 11 is 7.02. The maximum absolute atomic E-state index is 13.1. The Morgan fingerprint density at radius 2 is 2.00 bits per heavy atom. The van der Waals surface area contributed by atoms with E-state index in [2.05, 4.69) is 14.7 Å². The van der Waals surface area contributed by atoms with Crippen LogP contribution in [0.15, 0.2) is 42.6 Å². The summed E-state index contributed by atoms with van der Waals surface area (Å²) < 4.78 is 55.4. The Kier molecular flexibility index (Phi) is 9.32. The largest absolute Gasteiger partial charge is 0.573 e. The number of esters is 1. The first kappa shape index (κ1) is 31.8. The summed E-state index contributed by atoms with van der Waals surface area (Å²) in [6.07, 6.45) is -4.33. The van der Waals surface area contributed by atoms with Crippen LogP contribution in [0.25, 0.3) is 22.4 Å². The van der Waals surface area contributed by atoms with Crippen molar-refractivity contribution in [1.82, 2.24) is 14.1 Å². The Bertz CT molecular complexity index is 1890. The molecule has 0 fully saturated rings. The lowest BCUT2D eigenvalue weighted by Crippen LogP contribution is -2.33. The summed E-state index contributed by atoms with van der Waals surface area (Å²) in [5, 5.41) is 1.23. The van der Waals surface area contributed by atoms with Crippen LogP contribution in [0.2, 0.25) is 5.02 Å². The molecule has 230 valence electrons. The second kappa shape index (κ2) is 12.6. The van der Waals surface area contributed by atoms with Crippen molar-refractivity contribution in [1.29, 1.82) is 0 Å². The van der Waals surface area contributed by atoms with Gasteiger partial charge in [-0.15, -0.1) is 24.5 Å². The fraction of sp³-hybridized carbons (Fsp3) is 0.346. The molecule has 0 bridgehead atoms. The molecule has 0 radical (unpaired) electrons. The van der Waals surface area contributed by atoms with Crippen molar-refractivity contribution in [3.05, 3.63) is 65.6 Å². The van der Waals surface area contributed by atoms with E-state index in [1.165, 1.54) is 30.7 Å². The molecule has 1 amide bonds. The smallest absolute Gasteiger partial charge is 0.444 e. The van der Waals surface area contributed by atoms with Crippen molar-refractivity contribution in [2.45, 2.75) is 52.2 Å². The first-order valence-electron chi connectivity index (χ1n) is 12.6. The summed E-state index contributed by atoms with van der Waals surface area (Å²) in [5.74, 6) is -1.80. The van der Waals surface area contributed by atoms with Gasteiger partial charge in [0, 0.05) is 23.6 Å². The molecule has 4 aromatic rings. The van der Waals surface area contributed by atoms with Gasteiger partial charge < -0.3 is 19.6 Å². The SMILES string of the molecule is CCCC(N)C(=O)OCn1c(-c2ccc(OC(F)(F)F)c(Cl)c2)csc1=NC(=O)Cc1c(C)oc2c1c(=O)[nH]c(=O)n2C. The second-order valence-electron chi connectivity index (χ2n) is 9.33. The van der Waals surface area contributed by atoms with Crippen LogP contribution in [0, 0.1) is 6.92 Å². The molecule has 0 aliphatic heterocycles. The number of carbonyl (C=O) groups excluding carboxylic acids is 2. The first-order chi connectivity index (χ1) is 20.2. The minimum absolute atomic E-state index is 0.00678. The van der Waals surface area contributed by atoms with Gasteiger partial charge in [0.25, 0.3) is 11.5 Å². The third kappa shape index (κ3) is 7.09. The number of aromatic nitrogens is 3. The molecule has 17 heteroatoms. The number of hydrogen-bond acceptors (Lipinski definition) is 9. The number of hydrogen-bond donors (Lipinski definition) is 2. The number of nitrogens with two attached hydrogens (primary N) is 1. The van der Waals surface area contributed by atoms with Crippen molar-refractivity contribution in [3.8, 4) is 17.0 Å². The lowest BCUT2D eigenvalue weighted by atomic mass is 10.1. The van der Waals surface area contributed by atoms with Crippen molar-refractivity contribution >= 4 is 45.9 Å². The van der Waals surface area contributed by atoms with Crippen molar-refractivity contribution in [2.75, 3.05) is 0 Å². The van der Waals surface area contributed by atoms with Gasteiger partial charge in [0.15, 0.2) is 11.5 Å². The van der Waals surface area contributed by atoms with Crippen LogP contribution >= 0.6 is 22.9 Å². The molecule has 4 rings (SSSR count). The van der Waals surface area contributed by atoms with Crippen LogP contribution in [0.1, 0.15) is 31.1 Å². The number of alkyl halides is 3. The topological polar surface area (TPSA) is 164 Å². The van der Waals surface area contributed by atoms with E-state index in [4.69, 9.17) is 26.5 Å². The molecule has 0 saturated carbocycles. The van der Waals surface area contributed by atoms with E-state index in [1.54, 1.807) is 5.38 Å². The first-order valence-corrected chi connectivity index (χ1v) is 13.9. The number of ether oxygens (including phenoxy) is 2. The van der Waals surface area contributed by atoms with E-state index >= 15 is 0 Å². The van der Waals surface area contributed by atoms with Gasteiger partial charge in [-0.1, -0.05) is 24.9 Å². The van der Waals surface area contributed by atoms with Crippen LogP contribution < -0.4 is 26.5 Å². The van der Waals surface area contributed by atoms with E-state index in [0.717, 1.165) is 22.0 Å². The number of benzene rings is 1. The predicted octanol–water partition coefficient (Wildman–Crippen LogP) is 3.51. The molecular formula is C26H25ClF3N5O7S. The number of rotatable bonds is 9. The van der Waals surface area contributed by atoms with E-state index in [0.29, 0.717) is 24.1 Å². The highest BCUT2D eigenvalue weighted by molar-refractivity contribution is 7.07. The van der Waals surface area contributed by atoms with Gasteiger partial charge in [-0.25, -0.2) is 4.79 Å². The number of thiazole rings is 1. The Hall–Kier alpha value is -4.15. The van der Waals surface area contributed by atoms with Gasteiger partial charge in [-0.2, -0.15) is 4.99 Å². The molecule has 43 heavy (non-hydrogen) atoms. The fourth-order valence-electron chi connectivity index (χ4n) is 4.18. The standard InChI is InChI=1S/C26H25ClF3N5O7S/c1-4-5-16(31)23(38)40-11-35-17(13-6-7-18(15(27)8-13)42-26(28,29)30)10-43-25(35)32-19(36)9-14-12(2)41-22-20(14)21(37)33-24(39)34(22)3/h6-8,10,16H,4-5,9,11,31H2,1-3H3,(H,33,37,39). The average Bonchev–Trinajstić information content (AvgIpc) is 3.47. The van der Waals surface area contributed by atoms with Crippen molar-refractivity contribution < 1.29 is 36.7 Å². The van der Waals surface area contributed by atoms with Crippen LogP contribution in [0.4, 0.5) is 13.2 Å². The summed E-state index contributed by atoms with van der Waals surface area (Å²) in [5.41, 5.74) is 5.28. The zero-order chi connectivity index (χ0) is 31.6. The van der Waals surface area contributed by atoms with Gasteiger partial charge in [-0.3, -0.25) is 28.5 Å². The maximum atomic E-state index is 13.1. The molecule has 3 heterocycles. The van der Waals surface area contributed by atoms with Crippen LogP contribution in [0.3, 0.4) is 0 Å². The van der Waals surface area contributed by atoms with Crippen LogP contribution in [-0.4, -0.2) is 38.4 Å². The van der Waals surface area contributed by atoms with Gasteiger partial charge >= 0.3 is 18.0 Å². The summed E-state index contributed by atoms with van der Waals surface area (Å²) in [4.78, 5) is 56.4. The summed E-state index contributed by atoms with van der Waals surface area (Å²) in [6, 6.07) is 2.65. The Balaban J connectivity index is 1.74. The third-order valence-electron chi connectivity index (χ3n) is 6.28. The van der Waals surface area contributed by atoms with Gasteiger partial charge in [0.1, 0.15) is 22.9 Å². The van der Waals surface area contributed by atoms with E-state index < -0.39 is 48.0 Å². The number of H-pyrrole nitrogens is 1. The fourth-order valence-corrected chi connectivity index (χ4v) is 5.32. The second-order valence-corrected chi connectivity index (χ2v) is 10.6. The minimum Gasteiger partial charge on any atom is -0.444 e. The zero-order valence-electron chi connectivity index (χ0n) is 22.9. The zero-order valence-corrected chi connectivity index (χ0v) is 24.5. The van der Waals surface area contributed by atoms with Crippen molar-refractivity contribution in [2.24, 2.45) is 17.8 Å². The third-order valence-corrected chi connectivity index (χ3v) is 7.44. The van der Waals surface area contributed by atoms with Crippen LogP contribution in [-0.2, 0) is 34.5 Å². The molecule has 3 N–H and O–H groups in total. The number of aromatic amines is 1. The Morgan fingerprint density at radius 3 is 2.65 bits per heavy atom. The molecule has 0 saturated heterocycles. The summed E-state index contributed by atoms with van der Waals surface area (Å²) in [6.45, 7) is 2.94. The molecule has 1 atom stereocenters. The predicted molar refractivity (Wildman–Crippen MR) is 150 cm³/mol. The highest BCUT2D eigenvalue weighted by Crippen LogP contribution is 2.34. The Labute approximate surface area is 249 Å². The molecule has 12 nitrogen and oxygen atoms in total. The van der Waals surface area contributed by atoms with E-state index in [-0.39, 0.29) is 38.7 Å². The monoisotopic (exact) mass is 643 g/mol. The Morgan fingerprint density at radius 1 is 1.28 bits per heavy atom. The van der Waals surface area contributed by atoms with Gasteiger partial charge in [-0.05, 0) is 31.5 Å². The number of carbonyl (C=O) groups is 2. The lowest BCUT2D eigenvalue weighted by molar-refractivity contribution is -0.274. The highest BCUT2D eigenvalue weighted by Gasteiger charge is 2.32. The molecule has 0 aliphatic carbocycles. The minimum atomic E-state index is -4.95. The number of nitrogens with one attached hydrogen (secondary N) is 1. The maximum Gasteiger partial charge on any atom is 0.573 e. The number of furan rings is 1. The molecule has 3 aromatic heterocycles. The van der Waals surface area contributed by atoms with Crippen LogP contribution in [0.5, 0.6) is 5.75 Å². The molecule has 0 aliphatic rings. The lowest BCUT2D eigenvalue weighted by Gasteiger charge is -2.14. The number of fused-ring (bicyclic) bond motifs is 1. The normalized spacial score (nSPS) is 13.0. The molecule has 1 unspecified atom stereocenters. The number of aryl methyl sites for hydroxylation is 2. The van der Waals surface area contributed by atoms with Gasteiger partial charge in [0.2, 0.25) is 5.71 Å². The number of nitrogens with zero attached hydrogens (tertiary/aromatic N) is 3. The van der Waals surface area contributed by atoms with Crippen molar-refractivity contribution in [3.63, 3.8) is 0 Å². The highest BCUT2D eigenvalue weighted by atomic mass is 35.5. The number of amides is 1. The molecular weight excluding hydrogens is 619 g/mol. The average molecular weight is 644 g/mol. The number of halogens is 4. The molecule has 1 aromatic carbocycles. The van der Waals surface area contributed by atoms with E-state index in [9.17, 15) is 32.3 Å². The quantitative estimate of drug-likeness (QED) is 0.262.